The Morgan fingerprint density at radius 1 is 1.10 bits per heavy atom. The lowest BCUT2D eigenvalue weighted by molar-refractivity contribution is -0.154. The lowest BCUT2D eigenvalue weighted by Crippen LogP contribution is -2.45. The van der Waals surface area contributed by atoms with E-state index in [2.05, 4.69) is 6.07 Å². The van der Waals surface area contributed by atoms with Gasteiger partial charge in [0.25, 0.3) is 0 Å². The van der Waals surface area contributed by atoms with Gasteiger partial charge in [0.1, 0.15) is 12.2 Å². The van der Waals surface area contributed by atoms with Gasteiger partial charge >= 0.3 is 11.6 Å². The molecule has 1 amide bonds. The van der Waals surface area contributed by atoms with Gasteiger partial charge in [-0.05, 0) is 55.4 Å². The Bertz CT molecular complexity index is 1040. The van der Waals surface area contributed by atoms with Crippen LogP contribution in [-0.4, -0.2) is 29.9 Å². The van der Waals surface area contributed by atoms with Gasteiger partial charge in [-0.3, -0.25) is 9.59 Å². The molecule has 1 fully saturated rings. The topological polar surface area (TPSA) is 76.8 Å². The molecule has 1 aliphatic carbocycles. The van der Waals surface area contributed by atoms with Crippen molar-refractivity contribution in [2.75, 3.05) is 13.1 Å². The Balaban J connectivity index is 1.42. The van der Waals surface area contributed by atoms with Crippen molar-refractivity contribution in [3.63, 3.8) is 0 Å². The maximum atomic E-state index is 12.6. The number of fused-ring (bicyclic) bond motifs is 2. The summed E-state index contributed by atoms with van der Waals surface area (Å²) in [6.45, 7) is 6.92. The van der Waals surface area contributed by atoms with Crippen LogP contribution < -0.4 is 5.63 Å². The molecule has 0 radical (unpaired) electrons. The van der Waals surface area contributed by atoms with Gasteiger partial charge in [-0.1, -0.05) is 20.8 Å². The molecule has 4 rings (SSSR count). The Morgan fingerprint density at radius 2 is 1.77 bits per heavy atom. The van der Waals surface area contributed by atoms with Crippen LogP contribution in [0.1, 0.15) is 56.7 Å². The van der Waals surface area contributed by atoms with Gasteiger partial charge in [-0.2, -0.15) is 0 Å². The van der Waals surface area contributed by atoms with E-state index in [1.54, 1.807) is 0 Å². The van der Waals surface area contributed by atoms with Crippen LogP contribution in [0.5, 0.6) is 0 Å². The van der Waals surface area contributed by atoms with Crippen LogP contribution in [0, 0.1) is 11.3 Å². The highest BCUT2D eigenvalue weighted by Crippen LogP contribution is 2.29. The molecule has 2 aliphatic rings. The zero-order valence-corrected chi connectivity index (χ0v) is 18.0. The molecule has 6 nitrogen and oxygen atoms in total. The summed E-state index contributed by atoms with van der Waals surface area (Å²) in [4.78, 5) is 38.9. The fourth-order valence-electron chi connectivity index (χ4n) is 4.47. The number of benzene rings is 1. The number of ether oxygens (including phenoxy) is 1. The number of likely N-dealkylation sites (tertiary alicyclic amines) is 1. The van der Waals surface area contributed by atoms with E-state index in [0.717, 1.165) is 24.6 Å². The summed E-state index contributed by atoms with van der Waals surface area (Å²) in [7, 11) is 0. The summed E-state index contributed by atoms with van der Waals surface area (Å²) in [5.41, 5.74) is 2.91. The summed E-state index contributed by atoms with van der Waals surface area (Å²) < 4.78 is 11.0. The predicted molar refractivity (Wildman–Crippen MR) is 113 cm³/mol. The quantitative estimate of drug-likeness (QED) is 0.570. The molecular weight excluding hydrogens is 382 g/mol. The van der Waals surface area contributed by atoms with Crippen molar-refractivity contribution >= 4 is 22.8 Å². The second-order valence-corrected chi connectivity index (χ2v) is 9.49. The standard InChI is InChI=1S/C24H29NO5/c1-24(2,3)23(28)25-9-7-15(8-10-25)22(27)29-14-18-13-21(26)30-20-12-17-6-4-5-16(17)11-19(18)20/h11-13,15H,4-10,14H2,1-3H3. The summed E-state index contributed by atoms with van der Waals surface area (Å²) in [5.74, 6) is -0.366. The molecule has 0 saturated carbocycles. The van der Waals surface area contributed by atoms with Crippen LogP contribution in [0.3, 0.4) is 0 Å². The molecule has 2 aromatic rings. The average molecular weight is 411 g/mol. The number of amides is 1. The molecule has 1 aliphatic heterocycles. The van der Waals surface area contributed by atoms with Gasteiger partial charge in [-0.15, -0.1) is 0 Å². The predicted octanol–water partition coefficient (Wildman–Crippen LogP) is 3.61. The molecule has 30 heavy (non-hydrogen) atoms. The molecule has 6 heteroatoms. The van der Waals surface area contributed by atoms with E-state index in [0.29, 0.717) is 37.1 Å². The second kappa shape index (κ2) is 7.89. The SMILES string of the molecule is CC(C)(C)C(=O)N1CCC(C(=O)OCc2cc(=O)oc3cc4c(cc23)CCC4)CC1. The van der Waals surface area contributed by atoms with Crippen molar-refractivity contribution in [1.29, 1.82) is 0 Å². The van der Waals surface area contributed by atoms with Crippen molar-refractivity contribution in [2.45, 2.75) is 59.5 Å². The molecule has 2 heterocycles. The third kappa shape index (κ3) is 4.13. The smallest absolute Gasteiger partial charge is 0.336 e. The molecule has 0 unspecified atom stereocenters. The number of carbonyl (C=O) groups is 2. The highest BCUT2D eigenvalue weighted by molar-refractivity contribution is 5.83. The van der Waals surface area contributed by atoms with E-state index in [9.17, 15) is 14.4 Å². The number of hydrogen-bond donors (Lipinski definition) is 0. The molecule has 0 bridgehead atoms. The molecule has 0 atom stereocenters. The van der Waals surface area contributed by atoms with Crippen LogP contribution in [-0.2, 0) is 33.8 Å². The highest BCUT2D eigenvalue weighted by Gasteiger charge is 2.33. The van der Waals surface area contributed by atoms with Crippen molar-refractivity contribution in [3.8, 4) is 0 Å². The first-order chi connectivity index (χ1) is 14.2. The summed E-state index contributed by atoms with van der Waals surface area (Å²) in [5, 5.41) is 0.841. The number of aryl methyl sites for hydroxylation is 2. The van der Waals surface area contributed by atoms with Gasteiger partial charge in [0.05, 0.1) is 5.92 Å². The van der Waals surface area contributed by atoms with Gasteiger partial charge in [0.15, 0.2) is 0 Å². The normalized spacial score (nSPS) is 17.2. The molecular formula is C24H29NO5. The van der Waals surface area contributed by atoms with Gasteiger partial charge < -0.3 is 14.1 Å². The number of rotatable bonds is 3. The number of carbonyl (C=O) groups excluding carboxylic acids is 2. The van der Waals surface area contributed by atoms with Crippen LogP contribution in [0.2, 0.25) is 0 Å². The minimum atomic E-state index is -0.430. The number of piperidine rings is 1. The van der Waals surface area contributed by atoms with Crippen LogP contribution >= 0.6 is 0 Å². The van der Waals surface area contributed by atoms with Gasteiger partial charge in [0, 0.05) is 35.5 Å². The Kier molecular flexibility index (Phi) is 5.43. The lowest BCUT2D eigenvalue weighted by Gasteiger charge is -2.34. The third-order valence-electron chi connectivity index (χ3n) is 6.17. The minimum absolute atomic E-state index is 0.0564. The number of esters is 1. The fraction of sp³-hybridized carbons (Fsp3) is 0.542. The lowest BCUT2D eigenvalue weighted by atomic mass is 9.91. The first kappa shape index (κ1) is 20.6. The monoisotopic (exact) mass is 411 g/mol. The van der Waals surface area contributed by atoms with Crippen molar-refractivity contribution in [1.82, 2.24) is 4.90 Å². The zero-order valence-electron chi connectivity index (χ0n) is 18.0. The first-order valence-corrected chi connectivity index (χ1v) is 10.8. The van der Waals surface area contributed by atoms with E-state index >= 15 is 0 Å². The van der Waals surface area contributed by atoms with E-state index in [1.807, 2.05) is 31.7 Å². The molecule has 160 valence electrons. The second-order valence-electron chi connectivity index (χ2n) is 9.49. The summed E-state index contributed by atoms with van der Waals surface area (Å²) >= 11 is 0. The van der Waals surface area contributed by atoms with Crippen molar-refractivity contribution in [2.24, 2.45) is 11.3 Å². The molecule has 1 aromatic heterocycles. The third-order valence-corrected chi connectivity index (χ3v) is 6.17. The van der Waals surface area contributed by atoms with Crippen LogP contribution in [0.4, 0.5) is 0 Å². The van der Waals surface area contributed by atoms with Gasteiger partial charge in [-0.25, -0.2) is 4.79 Å². The van der Waals surface area contributed by atoms with Crippen molar-refractivity contribution < 1.29 is 18.7 Å². The fourth-order valence-corrected chi connectivity index (χ4v) is 4.47. The van der Waals surface area contributed by atoms with E-state index in [4.69, 9.17) is 9.15 Å². The van der Waals surface area contributed by atoms with Crippen LogP contribution in [0.15, 0.2) is 27.4 Å². The molecule has 1 aromatic carbocycles. The van der Waals surface area contributed by atoms with Gasteiger partial charge in [0.2, 0.25) is 5.91 Å². The van der Waals surface area contributed by atoms with E-state index in [-0.39, 0.29) is 24.4 Å². The number of nitrogens with zero attached hydrogens (tertiary/aromatic N) is 1. The average Bonchev–Trinajstić information content (AvgIpc) is 3.16. The minimum Gasteiger partial charge on any atom is -0.461 e. The first-order valence-electron chi connectivity index (χ1n) is 10.8. The summed E-state index contributed by atoms with van der Waals surface area (Å²) in [6, 6.07) is 5.44. The molecule has 0 N–H and O–H groups in total. The maximum absolute atomic E-state index is 12.6. The number of hydrogen-bond acceptors (Lipinski definition) is 5. The largest absolute Gasteiger partial charge is 0.461 e. The van der Waals surface area contributed by atoms with Crippen molar-refractivity contribution in [3.05, 3.63) is 45.3 Å². The Morgan fingerprint density at radius 3 is 2.43 bits per heavy atom. The van der Waals surface area contributed by atoms with E-state index in [1.165, 1.54) is 17.2 Å². The highest BCUT2D eigenvalue weighted by atomic mass is 16.5. The van der Waals surface area contributed by atoms with E-state index < -0.39 is 11.0 Å². The molecule has 0 spiro atoms. The van der Waals surface area contributed by atoms with Crippen LogP contribution in [0.25, 0.3) is 11.0 Å². The maximum Gasteiger partial charge on any atom is 0.336 e. The Hall–Kier alpha value is -2.63. The zero-order chi connectivity index (χ0) is 21.5. The summed E-state index contributed by atoms with van der Waals surface area (Å²) in [6.07, 6.45) is 4.34. The Labute approximate surface area is 176 Å². The molecule has 1 saturated heterocycles.